The van der Waals surface area contributed by atoms with Crippen LogP contribution in [0.5, 0.6) is 0 Å². The predicted molar refractivity (Wildman–Crippen MR) is 72.7 cm³/mol. The molecule has 0 bridgehead atoms. The fraction of sp³-hybridized carbons (Fsp3) is 0.462. The number of amides is 1. The number of rotatable bonds is 7. The van der Waals surface area contributed by atoms with Gasteiger partial charge in [0, 0.05) is 6.20 Å². The van der Waals surface area contributed by atoms with Crippen LogP contribution in [0.25, 0.3) is 0 Å². The van der Waals surface area contributed by atoms with Gasteiger partial charge in [0.2, 0.25) is 5.91 Å². The zero-order valence-electron chi connectivity index (χ0n) is 11.5. The van der Waals surface area contributed by atoms with Crippen LogP contribution in [-0.2, 0) is 17.8 Å². The highest BCUT2D eigenvalue weighted by atomic mass is 16.3. The molecule has 1 unspecified atom stereocenters. The molecule has 1 amide bonds. The molecule has 20 heavy (non-hydrogen) atoms. The molecule has 2 aromatic rings. The Kier molecular flexibility index (Phi) is 4.89. The smallest absolute Gasteiger partial charge is 0.245 e. The van der Waals surface area contributed by atoms with E-state index < -0.39 is 6.04 Å². The van der Waals surface area contributed by atoms with Crippen molar-refractivity contribution in [2.45, 2.75) is 32.4 Å². The van der Waals surface area contributed by atoms with Crippen LogP contribution in [0.1, 0.15) is 30.8 Å². The number of furan rings is 1. The maximum Gasteiger partial charge on any atom is 0.245 e. The number of nitrogens with zero attached hydrogens (tertiary/aromatic N) is 3. The van der Waals surface area contributed by atoms with Gasteiger partial charge in [-0.1, -0.05) is 5.21 Å². The standard InChI is InChI=1S/C13H19N5O2/c1-10(13(19)15-8-12-5-3-7-20-12)18-9-11(16-17-18)4-2-6-14/h3,5,7,9-10H,2,4,6,8,14H2,1H3,(H,15,19). The summed E-state index contributed by atoms with van der Waals surface area (Å²) in [5.41, 5.74) is 6.30. The van der Waals surface area contributed by atoms with E-state index in [-0.39, 0.29) is 5.91 Å². The molecule has 0 spiro atoms. The van der Waals surface area contributed by atoms with Crippen LogP contribution in [0.3, 0.4) is 0 Å². The van der Waals surface area contributed by atoms with Crippen molar-refractivity contribution in [3.8, 4) is 0 Å². The maximum absolute atomic E-state index is 12.0. The third-order valence-corrected chi connectivity index (χ3v) is 2.99. The largest absolute Gasteiger partial charge is 0.467 e. The lowest BCUT2D eigenvalue weighted by Gasteiger charge is -2.10. The van der Waals surface area contributed by atoms with Crippen LogP contribution in [-0.4, -0.2) is 27.4 Å². The van der Waals surface area contributed by atoms with E-state index in [0.717, 1.165) is 18.5 Å². The second kappa shape index (κ2) is 6.85. The normalized spacial score (nSPS) is 12.3. The van der Waals surface area contributed by atoms with Crippen molar-refractivity contribution in [2.24, 2.45) is 5.73 Å². The van der Waals surface area contributed by atoms with Gasteiger partial charge < -0.3 is 15.5 Å². The zero-order valence-corrected chi connectivity index (χ0v) is 11.5. The number of nitrogens with two attached hydrogens (primary N) is 1. The van der Waals surface area contributed by atoms with E-state index in [0.29, 0.717) is 18.8 Å². The molecule has 2 heterocycles. The van der Waals surface area contributed by atoms with Crippen molar-refractivity contribution in [2.75, 3.05) is 6.54 Å². The molecule has 0 aliphatic rings. The van der Waals surface area contributed by atoms with Gasteiger partial charge in [-0.15, -0.1) is 5.10 Å². The van der Waals surface area contributed by atoms with Gasteiger partial charge in [0.25, 0.3) is 0 Å². The Balaban J connectivity index is 1.87. The second-order valence-corrected chi connectivity index (χ2v) is 4.56. The molecule has 0 aliphatic carbocycles. The lowest BCUT2D eigenvalue weighted by Crippen LogP contribution is -2.30. The van der Waals surface area contributed by atoms with E-state index in [9.17, 15) is 4.79 Å². The minimum atomic E-state index is -0.413. The summed E-state index contributed by atoms with van der Waals surface area (Å²) >= 11 is 0. The number of nitrogens with one attached hydrogen (secondary N) is 1. The molecular formula is C13H19N5O2. The number of aryl methyl sites for hydroxylation is 1. The minimum Gasteiger partial charge on any atom is -0.467 e. The summed E-state index contributed by atoms with van der Waals surface area (Å²) in [7, 11) is 0. The molecule has 0 saturated carbocycles. The van der Waals surface area contributed by atoms with Gasteiger partial charge in [-0.2, -0.15) is 0 Å². The first-order chi connectivity index (χ1) is 9.70. The SMILES string of the molecule is CC(C(=O)NCc1ccco1)n1cc(CCCN)nn1. The summed E-state index contributed by atoms with van der Waals surface area (Å²) in [6.07, 6.45) is 4.99. The number of carbonyl (C=O) groups is 1. The first kappa shape index (κ1) is 14.3. The van der Waals surface area contributed by atoms with E-state index >= 15 is 0 Å². The van der Waals surface area contributed by atoms with E-state index in [1.807, 2.05) is 6.07 Å². The first-order valence-electron chi connectivity index (χ1n) is 6.61. The molecule has 0 fully saturated rings. The quantitative estimate of drug-likeness (QED) is 0.773. The Morgan fingerprint density at radius 3 is 3.15 bits per heavy atom. The Labute approximate surface area is 117 Å². The second-order valence-electron chi connectivity index (χ2n) is 4.56. The van der Waals surface area contributed by atoms with Crippen molar-refractivity contribution in [3.63, 3.8) is 0 Å². The average molecular weight is 277 g/mol. The predicted octanol–water partition coefficient (Wildman–Crippen LogP) is 0.640. The highest BCUT2D eigenvalue weighted by Crippen LogP contribution is 2.07. The fourth-order valence-electron chi connectivity index (χ4n) is 1.76. The molecule has 7 heteroatoms. The summed E-state index contributed by atoms with van der Waals surface area (Å²) in [4.78, 5) is 12.0. The molecule has 2 rings (SSSR count). The molecule has 7 nitrogen and oxygen atoms in total. The molecule has 0 aromatic carbocycles. The van der Waals surface area contributed by atoms with Gasteiger partial charge in [0.15, 0.2) is 0 Å². The summed E-state index contributed by atoms with van der Waals surface area (Å²) < 4.78 is 6.72. The first-order valence-corrected chi connectivity index (χ1v) is 6.61. The van der Waals surface area contributed by atoms with Crippen LogP contribution in [0.2, 0.25) is 0 Å². The van der Waals surface area contributed by atoms with Crippen molar-refractivity contribution in [3.05, 3.63) is 36.0 Å². The highest BCUT2D eigenvalue weighted by Gasteiger charge is 2.16. The van der Waals surface area contributed by atoms with E-state index in [1.165, 1.54) is 0 Å². The molecule has 3 N–H and O–H groups in total. The average Bonchev–Trinajstić information content (AvgIpc) is 3.12. The molecule has 2 aromatic heterocycles. The van der Waals surface area contributed by atoms with Gasteiger partial charge in [-0.25, -0.2) is 4.68 Å². The summed E-state index contributed by atoms with van der Waals surface area (Å²) in [6.45, 7) is 2.76. The fourth-order valence-corrected chi connectivity index (χ4v) is 1.76. The third kappa shape index (κ3) is 3.67. The lowest BCUT2D eigenvalue weighted by atomic mass is 10.2. The van der Waals surface area contributed by atoms with Crippen LogP contribution in [0, 0.1) is 0 Å². The highest BCUT2D eigenvalue weighted by molar-refractivity contribution is 5.79. The monoisotopic (exact) mass is 277 g/mol. The van der Waals surface area contributed by atoms with Crippen molar-refractivity contribution in [1.29, 1.82) is 0 Å². The Morgan fingerprint density at radius 2 is 2.45 bits per heavy atom. The summed E-state index contributed by atoms with van der Waals surface area (Å²) in [5.74, 6) is 0.587. The molecule has 0 aliphatic heterocycles. The Hall–Kier alpha value is -2.15. The van der Waals surface area contributed by atoms with Crippen LogP contribution < -0.4 is 11.1 Å². The van der Waals surface area contributed by atoms with Gasteiger partial charge >= 0.3 is 0 Å². The maximum atomic E-state index is 12.0. The Morgan fingerprint density at radius 1 is 1.60 bits per heavy atom. The van der Waals surface area contributed by atoms with Crippen LogP contribution in [0.15, 0.2) is 29.0 Å². The lowest BCUT2D eigenvalue weighted by molar-refractivity contribution is -0.124. The van der Waals surface area contributed by atoms with E-state index in [4.69, 9.17) is 10.2 Å². The molecule has 1 atom stereocenters. The molecule has 0 saturated heterocycles. The molecule has 0 radical (unpaired) electrons. The number of aromatic nitrogens is 3. The van der Waals surface area contributed by atoms with E-state index in [1.54, 1.807) is 30.1 Å². The van der Waals surface area contributed by atoms with Gasteiger partial charge in [-0.3, -0.25) is 4.79 Å². The van der Waals surface area contributed by atoms with Gasteiger partial charge in [0.1, 0.15) is 11.8 Å². The van der Waals surface area contributed by atoms with E-state index in [2.05, 4.69) is 15.6 Å². The molecular weight excluding hydrogens is 258 g/mol. The summed E-state index contributed by atoms with van der Waals surface area (Å²) in [6, 6.07) is 3.18. The number of hydrogen-bond acceptors (Lipinski definition) is 5. The number of carbonyl (C=O) groups excluding carboxylic acids is 1. The third-order valence-electron chi connectivity index (χ3n) is 2.99. The zero-order chi connectivity index (χ0) is 14.4. The van der Waals surface area contributed by atoms with Gasteiger partial charge in [0.05, 0.1) is 18.5 Å². The minimum absolute atomic E-state index is 0.128. The molecule has 108 valence electrons. The van der Waals surface area contributed by atoms with Crippen molar-refractivity contribution in [1.82, 2.24) is 20.3 Å². The van der Waals surface area contributed by atoms with Gasteiger partial charge in [-0.05, 0) is 38.4 Å². The van der Waals surface area contributed by atoms with Crippen molar-refractivity contribution < 1.29 is 9.21 Å². The summed E-state index contributed by atoms with van der Waals surface area (Å²) in [5, 5.41) is 10.8. The van der Waals surface area contributed by atoms with Crippen LogP contribution >= 0.6 is 0 Å². The Bertz CT molecular complexity index is 535. The van der Waals surface area contributed by atoms with Crippen molar-refractivity contribution >= 4 is 5.91 Å². The number of hydrogen-bond donors (Lipinski definition) is 2. The van der Waals surface area contributed by atoms with Crippen LogP contribution in [0.4, 0.5) is 0 Å². The topological polar surface area (TPSA) is 99.0 Å².